The summed E-state index contributed by atoms with van der Waals surface area (Å²) >= 11 is 8.67. The molecule has 0 aliphatic carbocycles. The van der Waals surface area contributed by atoms with Crippen LogP contribution >= 0.6 is 43.6 Å². The first-order valence-electron chi connectivity index (χ1n) is 7.36. The van der Waals surface area contributed by atoms with E-state index in [4.69, 9.17) is 0 Å². The van der Waals surface area contributed by atoms with E-state index in [2.05, 4.69) is 38.8 Å². The van der Waals surface area contributed by atoms with Gasteiger partial charge in [-0.1, -0.05) is 70.9 Å². The average molecular weight is 427 g/mol. The van der Waals surface area contributed by atoms with Crippen LogP contribution in [0.2, 0.25) is 0 Å². The van der Waals surface area contributed by atoms with Gasteiger partial charge in [0.2, 0.25) is 11.8 Å². The number of rotatable bonds is 7. The fourth-order valence-corrected chi connectivity index (χ4v) is 7.42. The molecule has 2 amide bonds. The molecule has 0 saturated carbocycles. The Hall–Kier alpha value is 0.450. The average Bonchev–Trinajstić information content (AvgIpc) is 2.84. The molecule has 2 aliphatic heterocycles. The van der Waals surface area contributed by atoms with Gasteiger partial charge >= 0.3 is 0 Å². The number of hydrogen-bond donors (Lipinski definition) is 0. The van der Waals surface area contributed by atoms with E-state index in [1.165, 1.54) is 30.6 Å². The summed E-state index contributed by atoms with van der Waals surface area (Å²) in [6.45, 7) is 2.80. The Kier molecular flexibility index (Phi) is 6.42. The lowest BCUT2D eigenvalue weighted by Crippen LogP contribution is -2.34. The number of imide groups is 1. The van der Waals surface area contributed by atoms with Crippen LogP contribution < -0.4 is 0 Å². The van der Waals surface area contributed by atoms with Gasteiger partial charge in [0.05, 0.1) is 20.2 Å². The van der Waals surface area contributed by atoms with Crippen molar-refractivity contribution < 1.29 is 9.59 Å². The Morgan fingerprint density at radius 2 is 1.45 bits per heavy atom. The number of carbonyl (C=O) groups is 2. The number of halogens is 2. The molecule has 0 N–H and O–H groups in total. The molecule has 0 radical (unpaired) electrons. The summed E-state index contributed by atoms with van der Waals surface area (Å²) in [7, 11) is 0. The third-order valence-corrected chi connectivity index (χ3v) is 7.59. The summed E-state index contributed by atoms with van der Waals surface area (Å²) in [6.07, 6.45) is 7.02. The monoisotopic (exact) mass is 425 g/mol. The van der Waals surface area contributed by atoms with Crippen LogP contribution in [0.25, 0.3) is 0 Å². The minimum absolute atomic E-state index is 0.0184. The summed E-state index contributed by atoms with van der Waals surface area (Å²) in [5.41, 5.74) is 0. The predicted molar refractivity (Wildman–Crippen MR) is 90.1 cm³/mol. The van der Waals surface area contributed by atoms with E-state index in [9.17, 15) is 9.59 Å². The molecule has 0 bridgehead atoms. The molecule has 3 nitrogen and oxygen atoms in total. The molecule has 114 valence electrons. The molecule has 4 unspecified atom stereocenters. The zero-order valence-electron chi connectivity index (χ0n) is 11.7. The minimum Gasteiger partial charge on any atom is -0.282 e. The molecule has 6 heteroatoms. The highest BCUT2D eigenvalue weighted by molar-refractivity contribution is 9.13. The molecule has 2 fully saturated rings. The second kappa shape index (κ2) is 7.63. The van der Waals surface area contributed by atoms with Crippen molar-refractivity contribution >= 4 is 55.4 Å². The number of fused-ring (bicyclic) bond motifs is 1. The lowest BCUT2D eigenvalue weighted by molar-refractivity contribution is -0.139. The van der Waals surface area contributed by atoms with Crippen molar-refractivity contribution in [2.45, 2.75) is 53.8 Å². The van der Waals surface area contributed by atoms with Gasteiger partial charge in [-0.15, -0.1) is 11.8 Å². The first kappa shape index (κ1) is 16.8. The van der Waals surface area contributed by atoms with Gasteiger partial charge < -0.3 is 0 Å². The maximum atomic E-state index is 12.4. The van der Waals surface area contributed by atoms with Crippen LogP contribution in [-0.4, -0.2) is 31.6 Å². The number of unbranched alkanes of at least 4 members (excludes halogenated alkanes) is 5. The number of amides is 2. The molecular formula is C14H21Br2NO2S. The van der Waals surface area contributed by atoms with Gasteiger partial charge in [0.15, 0.2) is 0 Å². The summed E-state index contributed by atoms with van der Waals surface area (Å²) in [5.74, 6) is -0.330. The largest absolute Gasteiger partial charge is 0.282 e. The Morgan fingerprint density at radius 1 is 0.950 bits per heavy atom. The third-order valence-electron chi connectivity index (χ3n) is 4.05. The van der Waals surface area contributed by atoms with Crippen molar-refractivity contribution in [3.63, 3.8) is 0 Å². The molecule has 0 aromatic rings. The standard InChI is InChI=1S/C14H21Br2NO2S/c1-2-3-4-5-6-7-8-17-13(18)9-10(14(17)19)12(16)20-11(9)15/h9-12H,2-8H2,1H3. The highest BCUT2D eigenvalue weighted by Crippen LogP contribution is 2.52. The van der Waals surface area contributed by atoms with Gasteiger partial charge in [-0.25, -0.2) is 0 Å². The summed E-state index contributed by atoms with van der Waals surface area (Å²) < 4.78 is 0.116. The maximum Gasteiger partial charge on any atom is 0.235 e. The lowest BCUT2D eigenvalue weighted by atomic mass is 10.00. The summed E-state index contributed by atoms with van der Waals surface area (Å²) in [5, 5.41) is 0. The highest BCUT2D eigenvalue weighted by atomic mass is 79.9. The van der Waals surface area contributed by atoms with E-state index in [-0.39, 0.29) is 32.0 Å². The first-order valence-corrected chi connectivity index (χ1v) is 10.1. The zero-order chi connectivity index (χ0) is 14.7. The van der Waals surface area contributed by atoms with Crippen molar-refractivity contribution in [1.82, 2.24) is 4.90 Å². The number of thioether (sulfide) groups is 1. The van der Waals surface area contributed by atoms with Gasteiger partial charge in [-0.3, -0.25) is 14.5 Å². The highest BCUT2D eigenvalue weighted by Gasteiger charge is 2.57. The van der Waals surface area contributed by atoms with Crippen molar-refractivity contribution in [2.24, 2.45) is 11.8 Å². The molecule has 20 heavy (non-hydrogen) atoms. The molecule has 2 saturated heterocycles. The number of alkyl halides is 2. The molecule has 0 spiro atoms. The quantitative estimate of drug-likeness (QED) is 0.348. The van der Waals surface area contributed by atoms with Crippen LogP contribution in [0.5, 0.6) is 0 Å². The Labute approximate surface area is 141 Å². The smallest absolute Gasteiger partial charge is 0.235 e. The Balaban J connectivity index is 1.81. The third kappa shape index (κ3) is 3.43. The van der Waals surface area contributed by atoms with Gasteiger partial charge in [0, 0.05) is 6.54 Å². The second-order valence-corrected chi connectivity index (χ2v) is 9.96. The van der Waals surface area contributed by atoms with E-state index in [0.717, 1.165) is 12.8 Å². The van der Waals surface area contributed by atoms with Gasteiger partial charge in [0.25, 0.3) is 0 Å². The predicted octanol–water partition coefficient (Wildman–Crippen LogP) is 4.14. The van der Waals surface area contributed by atoms with Crippen LogP contribution in [0, 0.1) is 11.8 Å². The van der Waals surface area contributed by atoms with E-state index in [1.807, 2.05) is 0 Å². The molecule has 0 aromatic carbocycles. The Bertz CT molecular complexity index is 354. The molecule has 2 heterocycles. The SMILES string of the molecule is CCCCCCCCN1C(=O)C2C(Br)SC(Br)C2C1=O. The van der Waals surface area contributed by atoms with Gasteiger partial charge in [0.1, 0.15) is 0 Å². The molecule has 2 aliphatic rings. The van der Waals surface area contributed by atoms with Gasteiger partial charge in [-0.2, -0.15) is 0 Å². The molecular weight excluding hydrogens is 406 g/mol. The van der Waals surface area contributed by atoms with Crippen LogP contribution in [0.1, 0.15) is 45.4 Å². The van der Waals surface area contributed by atoms with Crippen LogP contribution in [0.3, 0.4) is 0 Å². The molecule has 2 rings (SSSR count). The fourth-order valence-electron chi connectivity index (χ4n) is 2.89. The topological polar surface area (TPSA) is 37.4 Å². The summed E-state index contributed by atoms with van der Waals surface area (Å²) in [4.78, 5) is 26.2. The maximum absolute atomic E-state index is 12.4. The number of carbonyl (C=O) groups excluding carboxylic acids is 2. The zero-order valence-corrected chi connectivity index (χ0v) is 15.7. The number of hydrogen-bond acceptors (Lipinski definition) is 3. The van der Waals surface area contributed by atoms with Crippen molar-refractivity contribution in [3.8, 4) is 0 Å². The van der Waals surface area contributed by atoms with E-state index in [1.54, 1.807) is 11.8 Å². The van der Waals surface area contributed by atoms with Crippen LogP contribution in [0.15, 0.2) is 0 Å². The Morgan fingerprint density at radius 3 is 2.00 bits per heavy atom. The number of nitrogens with zero attached hydrogens (tertiary/aromatic N) is 1. The van der Waals surface area contributed by atoms with E-state index in [0.29, 0.717) is 6.54 Å². The van der Waals surface area contributed by atoms with Crippen molar-refractivity contribution in [3.05, 3.63) is 0 Å². The molecule has 4 atom stereocenters. The van der Waals surface area contributed by atoms with Gasteiger partial charge in [-0.05, 0) is 6.42 Å². The van der Waals surface area contributed by atoms with E-state index >= 15 is 0 Å². The minimum atomic E-state index is -0.183. The lowest BCUT2D eigenvalue weighted by Gasteiger charge is -2.17. The van der Waals surface area contributed by atoms with Crippen molar-refractivity contribution in [2.75, 3.05) is 6.54 Å². The van der Waals surface area contributed by atoms with Crippen molar-refractivity contribution in [1.29, 1.82) is 0 Å². The van der Waals surface area contributed by atoms with E-state index < -0.39 is 0 Å². The fraction of sp³-hybridized carbons (Fsp3) is 0.857. The first-order chi connectivity index (χ1) is 9.57. The van der Waals surface area contributed by atoms with Crippen LogP contribution in [-0.2, 0) is 9.59 Å². The normalized spacial score (nSPS) is 33.0. The number of likely N-dealkylation sites (tertiary alicyclic amines) is 1. The molecule has 0 aromatic heterocycles. The van der Waals surface area contributed by atoms with Crippen LogP contribution in [0.4, 0.5) is 0 Å². The second-order valence-electron chi connectivity index (χ2n) is 5.49. The summed E-state index contributed by atoms with van der Waals surface area (Å²) in [6, 6.07) is 0.